The van der Waals surface area contributed by atoms with Crippen LogP contribution in [0.5, 0.6) is 0 Å². The summed E-state index contributed by atoms with van der Waals surface area (Å²) < 4.78 is 0. The molecule has 0 radical (unpaired) electrons. The molecule has 1 N–H and O–H groups in total. The molecule has 0 spiro atoms. The zero-order valence-electron chi connectivity index (χ0n) is 11.2. The lowest BCUT2D eigenvalue weighted by Gasteiger charge is -2.21. The number of carbonyl (C=O) groups is 1. The minimum absolute atomic E-state index is 0.245. The number of anilines is 1. The fourth-order valence-corrected chi connectivity index (χ4v) is 3.75. The molecule has 1 aromatic rings. The highest BCUT2D eigenvalue weighted by Crippen LogP contribution is 2.48. The smallest absolute Gasteiger partial charge is 0.227 e. The molecule has 0 aromatic heterocycles. The van der Waals surface area contributed by atoms with Crippen molar-refractivity contribution in [3.8, 4) is 0 Å². The molecular formula is C16H21NO. The molecule has 1 aromatic carbocycles. The second-order valence-electron chi connectivity index (χ2n) is 6.09. The van der Waals surface area contributed by atoms with Crippen molar-refractivity contribution < 1.29 is 4.79 Å². The fraction of sp³-hybridized carbons (Fsp3) is 0.562. The lowest BCUT2D eigenvalue weighted by molar-refractivity contribution is -0.121. The van der Waals surface area contributed by atoms with Gasteiger partial charge in [-0.15, -0.1) is 0 Å². The van der Waals surface area contributed by atoms with Gasteiger partial charge in [-0.3, -0.25) is 4.79 Å². The second kappa shape index (κ2) is 4.42. The Morgan fingerprint density at radius 2 is 2.06 bits per heavy atom. The van der Waals surface area contributed by atoms with Gasteiger partial charge in [-0.1, -0.05) is 24.1 Å². The predicted molar refractivity (Wildman–Crippen MR) is 73.5 cm³/mol. The van der Waals surface area contributed by atoms with Gasteiger partial charge >= 0.3 is 0 Å². The summed E-state index contributed by atoms with van der Waals surface area (Å²) in [7, 11) is 0. The van der Waals surface area contributed by atoms with Crippen molar-refractivity contribution in [1.82, 2.24) is 0 Å². The Kier molecular flexibility index (Phi) is 2.89. The number of rotatable bonds is 2. The van der Waals surface area contributed by atoms with Crippen LogP contribution in [0.25, 0.3) is 0 Å². The van der Waals surface area contributed by atoms with E-state index in [1.165, 1.54) is 24.8 Å². The summed E-state index contributed by atoms with van der Waals surface area (Å²) in [6, 6.07) is 6.20. The van der Waals surface area contributed by atoms with Crippen LogP contribution in [0.3, 0.4) is 0 Å². The third-order valence-corrected chi connectivity index (χ3v) is 4.71. The van der Waals surface area contributed by atoms with Crippen LogP contribution in [0.15, 0.2) is 18.2 Å². The van der Waals surface area contributed by atoms with Crippen molar-refractivity contribution in [3.05, 3.63) is 29.3 Å². The molecule has 2 aliphatic rings. The molecule has 0 aliphatic heterocycles. The summed E-state index contributed by atoms with van der Waals surface area (Å²) in [4.78, 5) is 12.3. The number of hydrogen-bond acceptors (Lipinski definition) is 1. The monoisotopic (exact) mass is 243 g/mol. The van der Waals surface area contributed by atoms with Crippen LogP contribution in [-0.2, 0) is 4.79 Å². The Morgan fingerprint density at radius 1 is 1.22 bits per heavy atom. The quantitative estimate of drug-likeness (QED) is 0.843. The summed E-state index contributed by atoms with van der Waals surface area (Å²) in [6.45, 7) is 4.14. The van der Waals surface area contributed by atoms with Gasteiger partial charge < -0.3 is 5.32 Å². The Morgan fingerprint density at radius 3 is 2.67 bits per heavy atom. The Hall–Kier alpha value is -1.31. The summed E-state index contributed by atoms with van der Waals surface area (Å²) >= 11 is 0. The SMILES string of the molecule is Cc1ccc(NC(=O)[C@H]2C[C@H]3CC[C@H]2C3)c(C)c1. The van der Waals surface area contributed by atoms with Crippen molar-refractivity contribution in [1.29, 1.82) is 0 Å². The molecule has 2 bridgehead atoms. The van der Waals surface area contributed by atoms with E-state index >= 15 is 0 Å². The van der Waals surface area contributed by atoms with E-state index in [9.17, 15) is 4.79 Å². The van der Waals surface area contributed by atoms with Gasteiger partial charge in [0.05, 0.1) is 0 Å². The minimum atomic E-state index is 0.245. The molecule has 2 nitrogen and oxygen atoms in total. The molecule has 2 saturated carbocycles. The molecule has 2 aliphatic carbocycles. The van der Waals surface area contributed by atoms with Crippen LogP contribution >= 0.6 is 0 Å². The first kappa shape index (κ1) is 11.8. The van der Waals surface area contributed by atoms with E-state index in [0.717, 1.165) is 23.6 Å². The Labute approximate surface area is 109 Å². The number of nitrogens with one attached hydrogen (secondary N) is 1. The maximum Gasteiger partial charge on any atom is 0.227 e. The maximum atomic E-state index is 12.3. The zero-order valence-corrected chi connectivity index (χ0v) is 11.2. The summed E-state index contributed by atoms with van der Waals surface area (Å²) in [5.74, 6) is 1.99. The molecule has 2 heteroatoms. The predicted octanol–water partition coefficient (Wildman–Crippen LogP) is 3.68. The zero-order chi connectivity index (χ0) is 12.7. The third-order valence-electron chi connectivity index (χ3n) is 4.71. The number of hydrogen-bond donors (Lipinski definition) is 1. The van der Waals surface area contributed by atoms with Gasteiger partial charge in [-0.25, -0.2) is 0 Å². The molecule has 0 saturated heterocycles. The van der Waals surface area contributed by atoms with Crippen molar-refractivity contribution in [3.63, 3.8) is 0 Å². The molecule has 18 heavy (non-hydrogen) atoms. The largest absolute Gasteiger partial charge is 0.326 e. The van der Waals surface area contributed by atoms with Gasteiger partial charge in [0.15, 0.2) is 0 Å². The Balaban J connectivity index is 1.71. The molecule has 3 rings (SSSR count). The first-order valence-electron chi connectivity index (χ1n) is 7.01. The number of fused-ring (bicyclic) bond motifs is 2. The van der Waals surface area contributed by atoms with Gasteiger partial charge in [0.2, 0.25) is 5.91 Å². The van der Waals surface area contributed by atoms with E-state index in [2.05, 4.69) is 31.3 Å². The van der Waals surface area contributed by atoms with Crippen LogP contribution in [0.4, 0.5) is 5.69 Å². The van der Waals surface area contributed by atoms with Crippen molar-refractivity contribution >= 4 is 11.6 Å². The van der Waals surface area contributed by atoms with Gasteiger partial charge in [-0.05, 0) is 56.6 Å². The number of carbonyl (C=O) groups excluding carboxylic acids is 1. The van der Waals surface area contributed by atoms with Crippen molar-refractivity contribution in [2.75, 3.05) is 5.32 Å². The topological polar surface area (TPSA) is 29.1 Å². The molecule has 0 unspecified atom stereocenters. The van der Waals surface area contributed by atoms with Crippen LogP contribution in [-0.4, -0.2) is 5.91 Å². The van der Waals surface area contributed by atoms with Gasteiger partial charge in [0.1, 0.15) is 0 Å². The Bertz CT molecular complexity index is 480. The van der Waals surface area contributed by atoms with Gasteiger partial charge in [0, 0.05) is 11.6 Å². The molecule has 0 heterocycles. The molecule has 3 atom stereocenters. The highest BCUT2D eigenvalue weighted by molar-refractivity contribution is 5.93. The van der Waals surface area contributed by atoms with Crippen LogP contribution in [0, 0.1) is 31.6 Å². The number of aryl methyl sites for hydroxylation is 2. The lowest BCUT2D eigenvalue weighted by Crippen LogP contribution is -2.27. The van der Waals surface area contributed by atoms with E-state index in [-0.39, 0.29) is 11.8 Å². The molecule has 2 fully saturated rings. The maximum absolute atomic E-state index is 12.3. The van der Waals surface area contributed by atoms with Crippen LogP contribution in [0.1, 0.15) is 36.8 Å². The highest BCUT2D eigenvalue weighted by atomic mass is 16.1. The van der Waals surface area contributed by atoms with Gasteiger partial charge in [-0.2, -0.15) is 0 Å². The van der Waals surface area contributed by atoms with Crippen molar-refractivity contribution in [2.45, 2.75) is 39.5 Å². The summed E-state index contributed by atoms with van der Waals surface area (Å²) in [5.41, 5.74) is 3.38. The van der Waals surface area contributed by atoms with Crippen LogP contribution < -0.4 is 5.32 Å². The fourth-order valence-electron chi connectivity index (χ4n) is 3.75. The summed E-state index contributed by atoms with van der Waals surface area (Å²) in [6.07, 6.45) is 5.00. The van der Waals surface area contributed by atoms with E-state index in [4.69, 9.17) is 0 Å². The molecule has 1 amide bonds. The minimum Gasteiger partial charge on any atom is -0.326 e. The first-order valence-corrected chi connectivity index (χ1v) is 7.01. The van der Waals surface area contributed by atoms with E-state index in [1.54, 1.807) is 0 Å². The third kappa shape index (κ3) is 2.05. The van der Waals surface area contributed by atoms with E-state index < -0.39 is 0 Å². The normalized spacial score (nSPS) is 29.6. The average molecular weight is 243 g/mol. The molecule has 96 valence electrons. The molecular weight excluding hydrogens is 222 g/mol. The number of benzene rings is 1. The van der Waals surface area contributed by atoms with Gasteiger partial charge in [0.25, 0.3) is 0 Å². The van der Waals surface area contributed by atoms with Crippen molar-refractivity contribution in [2.24, 2.45) is 17.8 Å². The average Bonchev–Trinajstić information content (AvgIpc) is 2.94. The van der Waals surface area contributed by atoms with E-state index in [1.807, 2.05) is 6.07 Å². The lowest BCUT2D eigenvalue weighted by atomic mass is 9.88. The first-order chi connectivity index (χ1) is 8.63. The number of amides is 1. The summed E-state index contributed by atoms with van der Waals surface area (Å²) in [5, 5.41) is 3.13. The van der Waals surface area contributed by atoms with Crippen LogP contribution in [0.2, 0.25) is 0 Å². The van der Waals surface area contributed by atoms with E-state index in [0.29, 0.717) is 5.92 Å². The highest BCUT2D eigenvalue weighted by Gasteiger charge is 2.43. The second-order valence-corrected chi connectivity index (χ2v) is 6.09. The standard InChI is InChI=1S/C16H21NO/c1-10-3-6-15(11(2)7-10)17-16(18)14-9-12-4-5-13(14)8-12/h3,6-7,12-14H,4-5,8-9H2,1-2H3,(H,17,18)/t12-,13-,14-/m0/s1.